The fourth-order valence-electron chi connectivity index (χ4n) is 5.63. The van der Waals surface area contributed by atoms with Crippen molar-refractivity contribution >= 4 is 35.2 Å². The lowest BCUT2D eigenvalue weighted by atomic mass is 10.0. The van der Waals surface area contributed by atoms with Gasteiger partial charge in [0.25, 0.3) is 11.8 Å². The summed E-state index contributed by atoms with van der Waals surface area (Å²) in [6, 6.07) is 3.52. The molecule has 1 aromatic rings. The van der Waals surface area contributed by atoms with Crippen LogP contribution in [0.2, 0.25) is 0 Å². The zero-order chi connectivity index (χ0) is 41.5. The molecule has 0 aliphatic carbocycles. The van der Waals surface area contributed by atoms with Gasteiger partial charge < -0.3 is 52.7 Å². The topological polar surface area (TPSA) is 205 Å². The van der Waals surface area contributed by atoms with Crippen molar-refractivity contribution < 1.29 is 75.7 Å². The van der Waals surface area contributed by atoms with Gasteiger partial charge in [0.05, 0.1) is 142 Å². The van der Waals surface area contributed by atoms with Crippen LogP contribution in [-0.2, 0) is 61.8 Å². The number of carbonyl (C=O) groups excluding carboxylic acids is 5. The number of fused-ring (bicyclic) bond motifs is 1. The van der Waals surface area contributed by atoms with Crippen LogP contribution >= 0.6 is 0 Å². The number of nitrogens with one attached hydrogen (secondary N) is 2. The largest absolute Gasteiger partial charge is 0.379 e. The van der Waals surface area contributed by atoms with Crippen LogP contribution in [0.4, 0.5) is 10.1 Å². The number of ether oxygens (including phenoxy) is 10. The number of halogens is 1. The quantitative estimate of drug-likeness (QED) is 0.0724. The molecule has 0 bridgehead atoms. The van der Waals surface area contributed by atoms with Crippen molar-refractivity contribution in [2.75, 3.05) is 144 Å². The van der Waals surface area contributed by atoms with E-state index in [1.54, 1.807) is 12.1 Å². The molecule has 0 spiro atoms. The normalized spacial score (nSPS) is 15.3. The predicted octanol–water partition coefficient (Wildman–Crippen LogP) is 1.72. The summed E-state index contributed by atoms with van der Waals surface area (Å²) >= 11 is 0. The average Bonchev–Trinajstić information content (AvgIpc) is 3.47. The molecule has 328 valence electrons. The van der Waals surface area contributed by atoms with Gasteiger partial charge >= 0.3 is 0 Å². The lowest BCUT2D eigenvalue weighted by molar-refractivity contribution is -0.136. The highest BCUT2D eigenvalue weighted by molar-refractivity contribution is 6.26. The van der Waals surface area contributed by atoms with Crippen LogP contribution in [0.5, 0.6) is 0 Å². The van der Waals surface area contributed by atoms with Gasteiger partial charge in [-0.25, -0.2) is 4.39 Å². The van der Waals surface area contributed by atoms with Gasteiger partial charge in [0.2, 0.25) is 17.7 Å². The number of anilines is 1. The number of carbonyl (C=O) groups is 5. The second-order valence-corrected chi connectivity index (χ2v) is 12.8. The molecule has 58 heavy (non-hydrogen) atoms. The summed E-state index contributed by atoms with van der Waals surface area (Å²) in [5.41, 5.74) is 0.373. The molecule has 1 atom stereocenters. The SMILES string of the molecule is O=C1CCC(N2C(=O)c3cccc(NC(=O)CCCCCOCCOCCOCCOCCOCCOCCOCCOCCOCCOCCF)c3C2=O)C(=O)N1. The number of benzene rings is 1. The maximum absolute atomic E-state index is 13.2. The fourth-order valence-corrected chi connectivity index (χ4v) is 5.63. The number of hydrogen-bond acceptors (Lipinski definition) is 15. The molecule has 18 nitrogen and oxygen atoms in total. The Kier molecular flexibility index (Phi) is 26.5. The Hall–Kier alpha value is -3.50. The van der Waals surface area contributed by atoms with E-state index in [0.29, 0.717) is 132 Å². The Bertz CT molecular complexity index is 1360. The summed E-state index contributed by atoms with van der Waals surface area (Å²) in [7, 11) is 0. The van der Waals surface area contributed by atoms with Crippen molar-refractivity contribution in [2.45, 2.75) is 44.6 Å². The van der Waals surface area contributed by atoms with Gasteiger partial charge in [-0.15, -0.1) is 0 Å². The van der Waals surface area contributed by atoms with Gasteiger partial charge in [-0.05, 0) is 31.4 Å². The Morgan fingerprint density at radius 2 is 1.05 bits per heavy atom. The van der Waals surface area contributed by atoms with Gasteiger partial charge in [-0.3, -0.25) is 34.2 Å². The first-order valence-corrected chi connectivity index (χ1v) is 19.9. The maximum atomic E-state index is 13.2. The van der Waals surface area contributed by atoms with E-state index in [2.05, 4.69) is 10.6 Å². The van der Waals surface area contributed by atoms with E-state index in [-0.39, 0.29) is 48.6 Å². The Labute approximate surface area is 338 Å². The van der Waals surface area contributed by atoms with Crippen LogP contribution in [0.3, 0.4) is 0 Å². The summed E-state index contributed by atoms with van der Waals surface area (Å²) in [6.07, 6.45) is 2.43. The molecule has 0 radical (unpaired) electrons. The number of alkyl halides is 1. The molecule has 1 fully saturated rings. The van der Waals surface area contributed by atoms with E-state index < -0.39 is 36.3 Å². The Morgan fingerprint density at radius 3 is 1.50 bits per heavy atom. The fraction of sp³-hybridized carbons (Fsp3) is 0.718. The van der Waals surface area contributed by atoms with E-state index >= 15 is 0 Å². The first kappa shape index (κ1) is 48.9. The van der Waals surface area contributed by atoms with Crippen LogP contribution in [0.25, 0.3) is 0 Å². The smallest absolute Gasteiger partial charge is 0.264 e. The molecule has 2 N–H and O–H groups in total. The first-order chi connectivity index (χ1) is 28.4. The summed E-state index contributed by atoms with van der Waals surface area (Å²) in [5.74, 6) is -2.73. The standard InChI is InChI=1S/C39H60FN3O15/c40-10-12-50-14-16-52-18-20-54-22-24-56-26-28-58-30-29-57-27-25-55-23-21-53-19-17-51-15-13-49-11-3-1-2-7-34(44)41-32-6-4-5-31-36(32)39(48)43(38(31)47)33-8-9-35(45)42-37(33)46/h4-6,33H,1-3,7-30H2,(H,41,44)(H,42,45,46). The van der Waals surface area contributed by atoms with Crippen molar-refractivity contribution in [2.24, 2.45) is 0 Å². The van der Waals surface area contributed by atoms with Gasteiger partial charge in [-0.1, -0.05) is 12.5 Å². The monoisotopic (exact) mass is 829 g/mol. The summed E-state index contributed by atoms with van der Waals surface area (Å²) < 4.78 is 65.9. The van der Waals surface area contributed by atoms with Crippen LogP contribution in [0, 0.1) is 0 Å². The summed E-state index contributed by atoms with van der Waals surface area (Å²) in [4.78, 5) is 63.5. The first-order valence-electron chi connectivity index (χ1n) is 19.9. The number of nitrogens with zero attached hydrogens (tertiary/aromatic N) is 1. The minimum absolute atomic E-state index is 0.0258. The highest BCUT2D eigenvalue weighted by Gasteiger charge is 2.45. The van der Waals surface area contributed by atoms with Crippen LogP contribution in [0.15, 0.2) is 18.2 Å². The van der Waals surface area contributed by atoms with Crippen LogP contribution in [0.1, 0.15) is 59.2 Å². The molecule has 0 saturated carbocycles. The van der Waals surface area contributed by atoms with Crippen molar-refractivity contribution in [3.05, 3.63) is 29.3 Å². The summed E-state index contributed by atoms with van der Waals surface area (Å²) in [6.45, 7) is 8.25. The van der Waals surface area contributed by atoms with E-state index in [9.17, 15) is 28.4 Å². The van der Waals surface area contributed by atoms with Gasteiger partial charge in [-0.2, -0.15) is 0 Å². The van der Waals surface area contributed by atoms with Gasteiger partial charge in [0.15, 0.2) is 0 Å². The van der Waals surface area contributed by atoms with Gasteiger partial charge in [0.1, 0.15) is 12.7 Å². The minimum atomic E-state index is -1.08. The molecule has 1 saturated heterocycles. The number of unbranched alkanes of at least 4 members (excludes halogenated alkanes) is 2. The van der Waals surface area contributed by atoms with E-state index in [1.807, 2.05) is 0 Å². The Morgan fingerprint density at radius 1 is 0.603 bits per heavy atom. The molecule has 2 aliphatic heterocycles. The van der Waals surface area contributed by atoms with Crippen molar-refractivity contribution in [1.29, 1.82) is 0 Å². The van der Waals surface area contributed by atoms with Gasteiger partial charge in [0, 0.05) is 19.4 Å². The number of amides is 5. The zero-order valence-electron chi connectivity index (χ0n) is 33.4. The third-order valence-corrected chi connectivity index (χ3v) is 8.50. The molecular formula is C39H60FN3O15. The number of imide groups is 2. The molecule has 1 unspecified atom stereocenters. The van der Waals surface area contributed by atoms with E-state index in [0.717, 1.165) is 17.7 Å². The highest BCUT2D eigenvalue weighted by atomic mass is 19.1. The molecule has 2 heterocycles. The van der Waals surface area contributed by atoms with Crippen molar-refractivity contribution in [3.8, 4) is 0 Å². The second-order valence-electron chi connectivity index (χ2n) is 12.8. The third kappa shape index (κ3) is 20.0. The molecule has 3 rings (SSSR count). The molecule has 2 aliphatic rings. The number of hydrogen-bond donors (Lipinski definition) is 2. The molecule has 5 amide bonds. The molecule has 1 aromatic carbocycles. The second kappa shape index (κ2) is 31.4. The molecular weight excluding hydrogens is 769 g/mol. The van der Waals surface area contributed by atoms with E-state index in [4.69, 9.17) is 47.4 Å². The molecule has 19 heteroatoms. The Balaban J connectivity index is 1.02. The highest BCUT2D eigenvalue weighted by Crippen LogP contribution is 2.32. The molecule has 0 aromatic heterocycles. The summed E-state index contributed by atoms with van der Waals surface area (Å²) in [5, 5.41) is 4.90. The zero-order valence-corrected chi connectivity index (χ0v) is 33.4. The number of rotatable bonds is 37. The third-order valence-electron chi connectivity index (χ3n) is 8.50. The predicted molar refractivity (Wildman–Crippen MR) is 204 cm³/mol. The lowest BCUT2D eigenvalue weighted by Gasteiger charge is -2.27. The van der Waals surface area contributed by atoms with Crippen molar-refractivity contribution in [1.82, 2.24) is 10.2 Å². The van der Waals surface area contributed by atoms with Crippen molar-refractivity contribution in [3.63, 3.8) is 0 Å². The lowest BCUT2D eigenvalue weighted by Crippen LogP contribution is -2.54. The average molecular weight is 830 g/mol. The van der Waals surface area contributed by atoms with Crippen LogP contribution < -0.4 is 10.6 Å². The van der Waals surface area contributed by atoms with Crippen LogP contribution in [-0.4, -0.2) is 179 Å². The number of piperidine rings is 1. The maximum Gasteiger partial charge on any atom is 0.264 e. The van der Waals surface area contributed by atoms with E-state index in [1.165, 1.54) is 6.07 Å². The minimum Gasteiger partial charge on any atom is -0.379 e.